The van der Waals surface area contributed by atoms with Crippen molar-refractivity contribution in [2.75, 3.05) is 4.90 Å². The summed E-state index contributed by atoms with van der Waals surface area (Å²) < 4.78 is 6.08. The highest BCUT2D eigenvalue weighted by Gasteiger charge is 2.14. The fourth-order valence-corrected chi connectivity index (χ4v) is 3.37. The van der Waals surface area contributed by atoms with Gasteiger partial charge >= 0.3 is 0 Å². The fourth-order valence-electron chi connectivity index (χ4n) is 3.37. The summed E-state index contributed by atoms with van der Waals surface area (Å²) in [4.78, 5) is 6.35. The number of hydrogen-bond acceptors (Lipinski definition) is 3. The number of anilines is 3. The molecule has 3 aromatic carbocycles. The number of hydrogen-bond donors (Lipinski definition) is 0. The molecule has 3 nitrogen and oxygen atoms in total. The third kappa shape index (κ3) is 2.42. The lowest BCUT2D eigenvalue weighted by atomic mass is 10.1. The van der Waals surface area contributed by atoms with Crippen LogP contribution in [-0.4, -0.2) is 4.98 Å². The molecule has 0 bridgehead atoms. The molecule has 0 spiro atoms. The summed E-state index contributed by atoms with van der Waals surface area (Å²) in [6.07, 6.45) is 3.62. The number of furan rings is 1. The Kier molecular flexibility index (Phi) is 3.42. The molecule has 5 aromatic rings. The number of aromatic nitrogens is 1. The Bertz CT molecular complexity index is 1140. The number of pyridine rings is 1. The molecule has 0 N–H and O–H groups in total. The number of para-hydroxylation sites is 2. The summed E-state index contributed by atoms with van der Waals surface area (Å²) in [5.74, 6) is 0. The van der Waals surface area contributed by atoms with E-state index in [1.54, 1.807) is 0 Å². The third-order valence-corrected chi connectivity index (χ3v) is 4.56. The Labute approximate surface area is 151 Å². The number of nitrogens with zero attached hydrogens (tertiary/aromatic N) is 2. The van der Waals surface area contributed by atoms with Gasteiger partial charge < -0.3 is 9.32 Å². The quantitative estimate of drug-likeness (QED) is 0.379. The molecule has 5 rings (SSSR count). The normalized spacial score (nSPS) is 11.1. The Morgan fingerprint density at radius 2 is 1.27 bits per heavy atom. The Hall–Kier alpha value is -3.59. The predicted octanol–water partition coefficient (Wildman–Crippen LogP) is 6.45. The highest BCUT2D eigenvalue weighted by Crippen LogP contribution is 2.37. The molecule has 26 heavy (non-hydrogen) atoms. The maximum atomic E-state index is 6.08. The Morgan fingerprint density at radius 3 is 2.12 bits per heavy atom. The second-order valence-corrected chi connectivity index (χ2v) is 6.16. The smallest absolute Gasteiger partial charge is 0.137 e. The first kappa shape index (κ1) is 14.7. The van der Waals surface area contributed by atoms with Crippen LogP contribution in [-0.2, 0) is 0 Å². The standard InChI is InChI=1S/C23H16N2O/c1-2-6-17(7-3-1)25(18-12-14-24-15-13-18)19-10-11-21-20-8-4-5-9-22(20)26-23(21)16-19/h1-16H. The van der Waals surface area contributed by atoms with Crippen LogP contribution >= 0.6 is 0 Å². The molecule has 0 aliphatic heterocycles. The van der Waals surface area contributed by atoms with Crippen LogP contribution in [0.1, 0.15) is 0 Å². The Morgan fingerprint density at radius 1 is 0.577 bits per heavy atom. The third-order valence-electron chi connectivity index (χ3n) is 4.56. The van der Waals surface area contributed by atoms with Gasteiger partial charge in [0.2, 0.25) is 0 Å². The van der Waals surface area contributed by atoms with Crippen LogP contribution in [0.5, 0.6) is 0 Å². The lowest BCUT2D eigenvalue weighted by Crippen LogP contribution is -2.09. The first-order valence-corrected chi connectivity index (χ1v) is 8.57. The van der Waals surface area contributed by atoms with Crippen LogP contribution < -0.4 is 4.90 Å². The molecular formula is C23H16N2O. The minimum Gasteiger partial charge on any atom is -0.456 e. The highest BCUT2D eigenvalue weighted by atomic mass is 16.3. The van der Waals surface area contributed by atoms with E-state index in [1.807, 2.05) is 60.9 Å². The molecule has 0 saturated heterocycles. The maximum absolute atomic E-state index is 6.08. The summed E-state index contributed by atoms with van der Waals surface area (Å²) in [7, 11) is 0. The first-order chi connectivity index (χ1) is 12.9. The SMILES string of the molecule is c1ccc(N(c2ccncc2)c2ccc3c(c2)oc2ccccc23)cc1. The topological polar surface area (TPSA) is 29.3 Å². The van der Waals surface area contributed by atoms with Crippen molar-refractivity contribution in [3.05, 3.63) is 97.3 Å². The first-order valence-electron chi connectivity index (χ1n) is 8.57. The van der Waals surface area contributed by atoms with E-state index in [1.165, 1.54) is 0 Å². The minimum atomic E-state index is 0.888. The van der Waals surface area contributed by atoms with Gasteiger partial charge in [0.15, 0.2) is 0 Å². The van der Waals surface area contributed by atoms with E-state index in [-0.39, 0.29) is 0 Å². The average molecular weight is 336 g/mol. The van der Waals surface area contributed by atoms with Crippen molar-refractivity contribution in [1.29, 1.82) is 0 Å². The van der Waals surface area contributed by atoms with Crippen LogP contribution in [0.4, 0.5) is 17.1 Å². The molecule has 0 radical (unpaired) electrons. The zero-order valence-electron chi connectivity index (χ0n) is 14.0. The molecule has 0 amide bonds. The number of fused-ring (bicyclic) bond motifs is 3. The van der Waals surface area contributed by atoms with Crippen molar-refractivity contribution >= 4 is 39.0 Å². The monoisotopic (exact) mass is 336 g/mol. The molecule has 0 fully saturated rings. The second kappa shape index (κ2) is 6.05. The molecule has 0 saturated carbocycles. The van der Waals surface area contributed by atoms with Gasteiger partial charge in [-0.25, -0.2) is 0 Å². The van der Waals surface area contributed by atoms with Crippen LogP contribution in [0.3, 0.4) is 0 Å². The van der Waals surface area contributed by atoms with E-state index < -0.39 is 0 Å². The molecule has 0 aliphatic carbocycles. The molecule has 3 heteroatoms. The summed E-state index contributed by atoms with van der Waals surface area (Å²) in [6, 6.07) is 28.8. The molecule has 0 unspecified atom stereocenters. The zero-order chi connectivity index (χ0) is 17.3. The number of benzene rings is 3. The van der Waals surface area contributed by atoms with E-state index in [0.29, 0.717) is 0 Å². The van der Waals surface area contributed by atoms with Gasteiger partial charge in [0.25, 0.3) is 0 Å². The second-order valence-electron chi connectivity index (χ2n) is 6.16. The lowest BCUT2D eigenvalue weighted by Gasteiger charge is -2.25. The lowest BCUT2D eigenvalue weighted by molar-refractivity contribution is 0.669. The molecule has 0 aliphatic rings. The Balaban J connectivity index is 1.72. The molecule has 2 heterocycles. The van der Waals surface area contributed by atoms with Crippen molar-refractivity contribution < 1.29 is 4.42 Å². The van der Waals surface area contributed by atoms with Gasteiger partial charge in [0.05, 0.1) is 0 Å². The van der Waals surface area contributed by atoms with E-state index >= 15 is 0 Å². The summed E-state index contributed by atoms with van der Waals surface area (Å²) in [5, 5.41) is 2.27. The summed E-state index contributed by atoms with van der Waals surface area (Å²) in [5.41, 5.74) is 5.00. The van der Waals surface area contributed by atoms with Gasteiger partial charge in [-0.05, 0) is 42.5 Å². The average Bonchev–Trinajstić information content (AvgIpc) is 3.08. The molecule has 2 aromatic heterocycles. The molecular weight excluding hydrogens is 320 g/mol. The van der Waals surface area contributed by atoms with Gasteiger partial charge in [0.1, 0.15) is 11.2 Å². The van der Waals surface area contributed by atoms with Crippen LogP contribution in [0.2, 0.25) is 0 Å². The van der Waals surface area contributed by atoms with Crippen LogP contribution in [0.15, 0.2) is 102 Å². The van der Waals surface area contributed by atoms with Gasteiger partial charge in [-0.15, -0.1) is 0 Å². The van der Waals surface area contributed by atoms with Crippen LogP contribution in [0.25, 0.3) is 21.9 Å². The largest absolute Gasteiger partial charge is 0.456 e. The van der Waals surface area contributed by atoms with Gasteiger partial charge in [-0.2, -0.15) is 0 Å². The van der Waals surface area contributed by atoms with Crippen molar-refractivity contribution in [3.63, 3.8) is 0 Å². The summed E-state index contributed by atoms with van der Waals surface area (Å²) in [6.45, 7) is 0. The van der Waals surface area contributed by atoms with Crippen molar-refractivity contribution in [3.8, 4) is 0 Å². The van der Waals surface area contributed by atoms with E-state index in [9.17, 15) is 0 Å². The van der Waals surface area contributed by atoms with Gasteiger partial charge in [-0.3, -0.25) is 4.98 Å². The van der Waals surface area contributed by atoms with Gasteiger partial charge in [-0.1, -0.05) is 36.4 Å². The number of rotatable bonds is 3. The van der Waals surface area contributed by atoms with Gasteiger partial charge in [0, 0.05) is 46.3 Å². The predicted molar refractivity (Wildman–Crippen MR) is 106 cm³/mol. The van der Waals surface area contributed by atoms with Crippen molar-refractivity contribution in [1.82, 2.24) is 4.98 Å². The molecule has 124 valence electrons. The highest BCUT2D eigenvalue weighted by molar-refractivity contribution is 6.06. The van der Waals surface area contributed by atoms with E-state index in [2.05, 4.69) is 46.3 Å². The molecule has 0 atom stereocenters. The van der Waals surface area contributed by atoms with E-state index in [4.69, 9.17) is 4.42 Å². The minimum absolute atomic E-state index is 0.888. The maximum Gasteiger partial charge on any atom is 0.137 e. The zero-order valence-corrected chi connectivity index (χ0v) is 14.0. The van der Waals surface area contributed by atoms with Crippen molar-refractivity contribution in [2.45, 2.75) is 0 Å². The van der Waals surface area contributed by atoms with Crippen molar-refractivity contribution in [2.24, 2.45) is 0 Å². The van der Waals surface area contributed by atoms with E-state index in [0.717, 1.165) is 39.0 Å². The fraction of sp³-hybridized carbons (Fsp3) is 0. The van der Waals surface area contributed by atoms with Crippen LogP contribution in [0, 0.1) is 0 Å². The summed E-state index contributed by atoms with van der Waals surface area (Å²) >= 11 is 0.